The quantitative estimate of drug-likeness (QED) is 0.657. The number of rotatable bonds is 8. The van der Waals surface area contributed by atoms with Gasteiger partial charge in [0.25, 0.3) is 5.89 Å². The summed E-state index contributed by atoms with van der Waals surface area (Å²) in [7, 11) is 0. The van der Waals surface area contributed by atoms with Crippen LogP contribution in [0.4, 0.5) is 0 Å². The van der Waals surface area contributed by atoms with E-state index in [9.17, 15) is 4.79 Å². The number of aliphatic hydroxyl groups is 1. The molecule has 0 saturated carbocycles. The lowest BCUT2D eigenvalue weighted by molar-refractivity contribution is -0.126. The van der Waals surface area contributed by atoms with E-state index in [1.165, 1.54) is 0 Å². The van der Waals surface area contributed by atoms with Crippen molar-refractivity contribution < 1.29 is 23.9 Å². The minimum absolute atomic E-state index is 0.0218. The van der Waals surface area contributed by atoms with Crippen LogP contribution in [-0.2, 0) is 27.3 Å². The number of carbonyl (C=O) groups excluding carboxylic acids is 1. The van der Waals surface area contributed by atoms with Crippen molar-refractivity contribution in [1.29, 1.82) is 0 Å². The first-order chi connectivity index (χ1) is 9.78. The molecular weight excluding hydrogens is 266 g/mol. The highest BCUT2D eigenvalue weighted by Crippen LogP contribution is 2.11. The van der Waals surface area contributed by atoms with Crippen molar-refractivity contribution in [2.75, 3.05) is 26.4 Å². The lowest BCUT2D eigenvalue weighted by Crippen LogP contribution is -2.30. The fourth-order valence-electron chi connectivity index (χ4n) is 1.88. The molecule has 1 aliphatic heterocycles. The Morgan fingerprint density at radius 1 is 1.55 bits per heavy atom. The molecule has 0 unspecified atom stereocenters. The molecule has 1 amide bonds. The Balaban J connectivity index is 1.53. The average Bonchev–Trinajstić information content (AvgIpc) is 3.10. The molecule has 8 heteroatoms. The molecule has 112 valence electrons. The van der Waals surface area contributed by atoms with Crippen LogP contribution < -0.4 is 5.32 Å². The molecule has 2 rings (SSSR count). The SMILES string of the molecule is O=C(COC[C@H]1CCCO1)NCCc1noc(CO)n1. The zero-order valence-corrected chi connectivity index (χ0v) is 11.2. The Hall–Kier alpha value is -1.51. The molecule has 0 radical (unpaired) electrons. The molecule has 2 heterocycles. The van der Waals surface area contributed by atoms with Crippen molar-refractivity contribution in [3.05, 3.63) is 11.7 Å². The molecule has 1 aromatic heterocycles. The smallest absolute Gasteiger partial charge is 0.252 e. The van der Waals surface area contributed by atoms with Gasteiger partial charge in [0.15, 0.2) is 5.82 Å². The van der Waals surface area contributed by atoms with Gasteiger partial charge in [-0.15, -0.1) is 0 Å². The number of hydrogen-bond donors (Lipinski definition) is 2. The number of ether oxygens (including phenoxy) is 2. The minimum Gasteiger partial charge on any atom is -0.387 e. The van der Waals surface area contributed by atoms with Crippen molar-refractivity contribution in [3.63, 3.8) is 0 Å². The van der Waals surface area contributed by atoms with E-state index in [4.69, 9.17) is 19.1 Å². The standard InChI is InChI=1S/C12H19N3O5/c16-6-12-14-10(15-20-12)3-4-13-11(17)8-18-7-9-2-1-5-19-9/h9,16H,1-8H2,(H,13,17)/t9-/m1/s1. The van der Waals surface area contributed by atoms with Crippen LogP contribution in [0.15, 0.2) is 4.52 Å². The molecule has 1 aliphatic rings. The molecule has 8 nitrogen and oxygen atoms in total. The van der Waals surface area contributed by atoms with Crippen LogP contribution in [0.1, 0.15) is 24.6 Å². The number of aliphatic hydroxyl groups excluding tert-OH is 1. The highest BCUT2D eigenvalue weighted by atomic mass is 16.5. The van der Waals surface area contributed by atoms with Crippen LogP contribution in [0.25, 0.3) is 0 Å². The lowest BCUT2D eigenvalue weighted by atomic mass is 10.2. The number of amides is 1. The van der Waals surface area contributed by atoms with E-state index in [0.717, 1.165) is 19.4 Å². The van der Waals surface area contributed by atoms with E-state index in [2.05, 4.69) is 15.5 Å². The summed E-state index contributed by atoms with van der Waals surface area (Å²) in [5.74, 6) is 0.440. The first-order valence-corrected chi connectivity index (χ1v) is 6.66. The van der Waals surface area contributed by atoms with Crippen molar-refractivity contribution >= 4 is 5.91 Å². The largest absolute Gasteiger partial charge is 0.387 e. The Kier molecular flexibility index (Phi) is 5.90. The first kappa shape index (κ1) is 14.9. The molecule has 1 atom stereocenters. The van der Waals surface area contributed by atoms with Gasteiger partial charge in [0, 0.05) is 19.6 Å². The molecule has 0 bridgehead atoms. The highest BCUT2D eigenvalue weighted by Gasteiger charge is 2.15. The molecule has 0 spiro atoms. The monoisotopic (exact) mass is 285 g/mol. The molecule has 1 fully saturated rings. The van der Waals surface area contributed by atoms with Gasteiger partial charge < -0.3 is 24.4 Å². The summed E-state index contributed by atoms with van der Waals surface area (Å²) in [6, 6.07) is 0. The van der Waals surface area contributed by atoms with Crippen molar-refractivity contribution in [3.8, 4) is 0 Å². The second-order valence-electron chi connectivity index (χ2n) is 4.51. The Morgan fingerprint density at radius 2 is 2.45 bits per heavy atom. The Morgan fingerprint density at radius 3 is 3.15 bits per heavy atom. The van der Waals surface area contributed by atoms with Crippen LogP contribution >= 0.6 is 0 Å². The molecule has 0 aliphatic carbocycles. The van der Waals surface area contributed by atoms with Gasteiger partial charge in [-0.3, -0.25) is 4.79 Å². The molecular formula is C12H19N3O5. The van der Waals surface area contributed by atoms with E-state index >= 15 is 0 Å². The van der Waals surface area contributed by atoms with E-state index in [1.807, 2.05) is 0 Å². The Labute approximate surface area is 116 Å². The second-order valence-corrected chi connectivity index (χ2v) is 4.51. The first-order valence-electron chi connectivity index (χ1n) is 6.66. The molecule has 2 N–H and O–H groups in total. The number of hydrogen-bond acceptors (Lipinski definition) is 7. The zero-order valence-electron chi connectivity index (χ0n) is 11.2. The predicted octanol–water partition coefficient (Wildman–Crippen LogP) is -0.584. The second kappa shape index (κ2) is 7.93. The lowest BCUT2D eigenvalue weighted by Gasteiger charge is -2.09. The Bertz CT molecular complexity index is 417. The van der Waals surface area contributed by atoms with Gasteiger partial charge in [-0.1, -0.05) is 5.16 Å². The number of aromatic nitrogens is 2. The highest BCUT2D eigenvalue weighted by molar-refractivity contribution is 5.77. The summed E-state index contributed by atoms with van der Waals surface area (Å²) < 4.78 is 15.4. The fraction of sp³-hybridized carbons (Fsp3) is 0.750. The van der Waals surface area contributed by atoms with E-state index in [1.54, 1.807) is 0 Å². The summed E-state index contributed by atoms with van der Waals surface area (Å²) in [4.78, 5) is 15.4. The van der Waals surface area contributed by atoms with Crippen molar-refractivity contribution in [2.45, 2.75) is 32.0 Å². The molecule has 1 saturated heterocycles. The summed E-state index contributed by atoms with van der Waals surface area (Å²) >= 11 is 0. The van der Waals surface area contributed by atoms with Crippen molar-refractivity contribution in [2.24, 2.45) is 0 Å². The third kappa shape index (κ3) is 4.87. The van der Waals surface area contributed by atoms with Crippen LogP contribution in [0, 0.1) is 0 Å². The van der Waals surface area contributed by atoms with Gasteiger partial charge in [0.2, 0.25) is 5.91 Å². The fourth-order valence-corrected chi connectivity index (χ4v) is 1.88. The summed E-state index contributed by atoms with van der Waals surface area (Å²) in [5, 5.41) is 15.1. The number of carbonyl (C=O) groups is 1. The summed E-state index contributed by atoms with van der Waals surface area (Å²) in [6.45, 7) is 1.37. The number of nitrogens with zero attached hydrogens (tertiary/aromatic N) is 2. The van der Waals surface area contributed by atoms with Gasteiger partial charge in [0.1, 0.15) is 13.2 Å². The maximum atomic E-state index is 11.5. The molecule has 0 aromatic carbocycles. The van der Waals surface area contributed by atoms with Gasteiger partial charge in [0.05, 0.1) is 12.7 Å². The molecule has 1 aromatic rings. The van der Waals surface area contributed by atoms with E-state index in [-0.39, 0.29) is 31.1 Å². The third-order valence-electron chi connectivity index (χ3n) is 2.88. The normalized spacial score (nSPS) is 18.4. The van der Waals surface area contributed by atoms with Crippen LogP contribution in [-0.4, -0.2) is 53.6 Å². The average molecular weight is 285 g/mol. The zero-order chi connectivity index (χ0) is 14.2. The van der Waals surface area contributed by atoms with Crippen LogP contribution in [0.3, 0.4) is 0 Å². The summed E-state index contributed by atoms with van der Waals surface area (Å²) in [6.07, 6.45) is 2.62. The van der Waals surface area contributed by atoms with E-state index < -0.39 is 0 Å². The predicted molar refractivity (Wildman–Crippen MR) is 66.7 cm³/mol. The summed E-state index contributed by atoms with van der Waals surface area (Å²) in [5.41, 5.74) is 0. The van der Waals surface area contributed by atoms with Crippen molar-refractivity contribution in [1.82, 2.24) is 15.5 Å². The van der Waals surface area contributed by atoms with Crippen LogP contribution in [0.5, 0.6) is 0 Å². The van der Waals surface area contributed by atoms with E-state index in [0.29, 0.717) is 25.4 Å². The maximum Gasteiger partial charge on any atom is 0.252 e. The number of nitrogens with one attached hydrogen (secondary N) is 1. The van der Waals surface area contributed by atoms with Gasteiger partial charge >= 0.3 is 0 Å². The van der Waals surface area contributed by atoms with Gasteiger partial charge in [-0.25, -0.2) is 0 Å². The minimum atomic E-state index is -0.281. The molecule has 20 heavy (non-hydrogen) atoms. The van der Waals surface area contributed by atoms with Gasteiger partial charge in [-0.2, -0.15) is 4.98 Å². The topological polar surface area (TPSA) is 107 Å². The third-order valence-corrected chi connectivity index (χ3v) is 2.88. The maximum absolute atomic E-state index is 11.5. The van der Waals surface area contributed by atoms with Gasteiger partial charge in [-0.05, 0) is 12.8 Å². The van der Waals surface area contributed by atoms with Crippen LogP contribution in [0.2, 0.25) is 0 Å².